The van der Waals surface area contributed by atoms with Crippen LogP contribution in [0.5, 0.6) is 5.75 Å². The highest BCUT2D eigenvalue weighted by atomic mass is 16.5. The van der Waals surface area contributed by atoms with Crippen LogP contribution in [0.4, 0.5) is 5.95 Å². The van der Waals surface area contributed by atoms with E-state index in [4.69, 9.17) is 14.2 Å². The molecule has 8 heteroatoms. The van der Waals surface area contributed by atoms with E-state index in [1.807, 2.05) is 44.2 Å². The van der Waals surface area contributed by atoms with Gasteiger partial charge in [-0.25, -0.2) is 4.98 Å². The number of aromatic nitrogens is 4. The van der Waals surface area contributed by atoms with Crippen LogP contribution in [0, 0.1) is 13.8 Å². The molecule has 5 rings (SSSR count). The highest BCUT2D eigenvalue weighted by Crippen LogP contribution is 2.45. The van der Waals surface area contributed by atoms with E-state index in [2.05, 4.69) is 20.0 Å². The lowest BCUT2D eigenvalue weighted by Gasteiger charge is -2.28. The van der Waals surface area contributed by atoms with Crippen LogP contribution in [-0.4, -0.2) is 44.6 Å². The zero-order valence-corrected chi connectivity index (χ0v) is 16.2. The lowest BCUT2D eigenvalue weighted by atomic mass is 10.0. The first-order chi connectivity index (χ1) is 14.2. The van der Waals surface area contributed by atoms with Crippen molar-refractivity contribution in [3.63, 3.8) is 0 Å². The molecule has 0 fully saturated rings. The Hall–Kier alpha value is -3.39. The Balaban J connectivity index is 1.77. The van der Waals surface area contributed by atoms with E-state index in [1.54, 1.807) is 6.20 Å². The van der Waals surface area contributed by atoms with Crippen molar-refractivity contribution in [3.8, 4) is 16.9 Å². The third kappa shape index (κ3) is 2.75. The van der Waals surface area contributed by atoms with Crippen LogP contribution < -0.4 is 10.1 Å². The molecule has 1 aromatic carbocycles. The summed E-state index contributed by atoms with van der Waals surface area (Å²) in [5.74, 6) is 2.19. The maximum absolute atomic E-state index is 9.29. The first-order valence-electron chi connectivity index (χ1n) is 9.55. The van der Waals surface area contributed by atoms with Gasteiger partial charge in [-0.1, -0.05) is 11.2 Å². The second kappa shape index (κ2) is 6.89. The number of anilines is 1. The first kappa shape index (κ1) is 17.7. The number of rotatable bonds is 5. The number of pyridine rings is 1. The lowest BCUT2D eigenvalue weighted by molar-refractivity contribution is 0.258. The van der Waals surface area contributed by atoms with Crippen molar-refractivity contribution in [2.45, 2.75) is 19.9 Å². The average Bonchev–Trinajstić information content (AvgIpc) is 3.29. The van der Waals surface area contributed by atoms with Gasteiger partial charge in [0.15, 0.2) is 5.75 Å². The summed E-state index contributed by atoms with van der Waals surface area (Å²) < 4.78 is 13.8. The molecule has 148 valence electrons. The monoisotopic (exact) mass is 391 g/mol. The number of benzene rings is 1. The zero-order valence-electron chi connectivity index (χ0n) is 16.2. The number of hydrogen-bond acceptors (Lipinski definition) is 7. The summed E-state index contributed by atoms with van der Waals surface area (Å²) in [4.78, 5) is 9.29. The summed E-state index contributed by atoms with van der Waals surface area (Å²) in [6.45, 7) is 4.67. The Morgan fingerprint density at radius 3 is 2.86 bits per heavy atom. The quantitative estimate of drug-likeness (QED) is 0.539. The minimum Gasteiger partial charge on any atom is -0.488 e. The van der Waals surface area contributed by atoms with E-state index < -0.39 is 0 Å². The fraction of sp³-hybridized carbons (Fsp3) is 0.286. The molecule has 1 aliphatic heterocycles. The molecule has 0 radical (unpaired) electrons. The first-order valence-corrected chi connectivity index (χ1v) is 9.55. The van der Waals surface area contributed by atoms with E-state index in [0.29, 0.717) is 19.1 Å². The Morgan fingerprint density at radius 1 is 1.24 bits per heavy atom. The van der Waals surface area contributed by atoms with Crippen LogP contribution in [0.3, 0.4) is 0 Å². The van der Waals surface area contributed by atoms with E-state index >= 15 is 0 Å². The molecule has 4 aromatic rings. The van der Waals surface area contributed by atoms with Crippen molar-refractivity contribution in [1.29, 1.82) is 0 Å². The number of ether oxygens (including phenoxy) is 1. The lowest BCUT2D eigenvalue weighted by Crippen LogP contribution is -2.26. The Labute approximate surface area is 167 Å². The van der Waals surface area contributed by atoms with Crippen molar-refractivity contribution >= 4 is 17.0 Å². The van der Waals surface area contributed by atoms with Gasteiger partial charge in [-0.05, 0) is 38.1 Å². The number of aliphatic hydroxyl groups excluding tert-OH is 1. The van der Waals surface area contributed by atoms with E-state index in [0.717, 1.165) is 45.1 Å². The molecular formula is C21H21N5O3. The van der Waals surface area contributed by atoms with Gasteiger partial charge in [-0.3, -0.25) is 9.55 Å². The molecule has 4 heterocycles. The predicted molar refractivity (Wildman–Crippen MR) is 108 cm³/mol. The highest BCUT2D eigenvalue weighted by molar-refractivity contribution is 5.94. The Bertz CT molecular complexity index is 1160. The van der Waals surface area contributed by atoms with Crippen molar-refractivity contribution < 1.29 is 14.4 Å². The largest absolute Gasteiger partial charge is 0.488 e. The second-order valence-corrected chi connectivity index (χ2v) is 7.05. The number of hydrogen-bond donors (Lipinski definition) is 2. The number of aliphatic hydroxyl groups is 1. The SMILES string of the molecule is Cc1noc(C)c1-c1ccc2nc(NCCO)n3c2c1OC[C@@H]3c1ccccn1. The second-order valence-electron chi connectivity index (χ2n) is 7.05. The number of aryl methyl sites for hydroxylation is 2. The van der Waals surface area contributed by atoms with Crippen LogP contribution >= 0.6 is 0 Å². The molecule has 0 saturated heterocycles. The van der Waals surface area contributed by atoms with Crippen molar-refractivity contribution in [2.75, 3.05) is 25.1 Å². The van der Waals surface area contributed by atoms with Gasteiger partial charge >= 0.3 is 0 Å². The molecule has 8 nitrogen and oxygen atoms in total. The molecule has 0 amide bonds. The van der Waals surface area contributed by atoms with Crippen LogP contribution in [0.1, 0.15) is 23.2 Å². The molecule has 0 saturated carbocycles. The fourth-order valence-electron chi connectivity index (χ4n) is 3.99. The summed E-state index contributed by atoms with van der Waals surface area (Å²) in [7, 11) is 0. The van der Waals surface area contributed by atoms with Gasteiger partial charge in [0.25, 0.3) is 0 Å². The van der Waals surface area contributed by atoms with Crippen molar-refractivity contribution in [2.24, 2.45) is 0 Å². The number of nitrogens with one attached hydrogen (secondary N) is 1. The predicted octanol–water partition coefficient (Wildman–Crippen LogP) is 3.09. The molecule has 2 N–H and O–H groups in total. The summed E-state index contributed by atoms with van der Waals surface area (Å²) in [6.07, 6.45) is 1.78. The van der Waals surface area contributed by atoms with Gasteiger partial charge < -0.3 is 19.7 Å². The normalized spacial score (nSPS) is 15.5. The Morgan fingerprint density at radius 2 is 2.14 bits per heavy atom. The molecular weight excluding hydrogens is 370 g/mol. The summed E-state index contributed by atoms with van der Waals surface area (Å²) in [5.41, 5.74) is 5.30. The molecule has 1 aliphatic rings. The van der Waals surface area contributed by atoms with Crippen molar-refractivity contribution in [3.05, 3.63) is 53.7 Å². The molecule has 1 atom stereocenters. The minimum absolute atomic E-state index is 0.0190. The fourth-order valence-corrected chi connectivity index (χ4v) is 3.99. The van der Waals surface area contributed by atoms with E-state index in [-0.39, 0.29) is 12.6 Å². The molecule has 0 spiro atoms. The third-order valence-corrected chi connectivity index (χ3v) is 5.23. The number of nitrogens with zero attached hydrogens (tertiary/aromatic N) is 4. The Kier molecular flexibility index (Phi) is 4.21. The third-order valence-electron chi connectivity index (χ3n) is 5.23. The van der Waals surface area contributed by atoms with Crippen LogP contribution in [0.2, 0.25) is 0 Å². The standard InChI is InChI=1S/C21H21N5O3/c1-12-18(13(2)29-25-12)14-6-7-16-19-20(14)28-11-17(15-5-3-4-8-22-15)26(19)21(24-16)23-9-10-27/h3-8,17,27H,9-11H2,1-2H3,(H,23,24)/t17-/m1/s1. The molecule has 0 unspecified atom stereocenters. The van der Waals surface area contributed by atoms with Crippen LogP contribution in [-0.2, 0) is 0 Å². The van der Waals surface area contributed by atoms with E-state index in [1.165, 1.54) is 0 Å². The molecule has 0 aliphatic carbocycles. The van der Waals surface area contributed by atoms with Crippen LogP contribution in [0.15, 0.2) is 41.1 Å². The zero-order chi connectivity index (χ0) is 20.0. The summed E-state index contributed by atoms with van der Waals surface area (Å²) >= 11 is 0. The smallest absolute Gasteiger partial charge is 0.204 e. The maximum Gasteiger partial charge on any atom is 0.204 e. The minimum atomic E-state index is -0.130. The van der Waals surface area contributed by atoms with Gasteiger partial charge in [-0.2, -0.15) is 0 Å². The highest BCUT2D eigenvalue weighted by Gasteiger charge is 2.31. The van der Waals surface area contributed by atoms with Gasteiger partial charge in [0.05, 0.1) is 29.1 Å². The van der Waals surface area contributed by atoms with Crippen LogP contribution in [0.25, 0.3) is 22.2 Å². The molecule has 29 heavy (non-hydrogen) atoms. The van der Waals surface area contributed by atoms with Gasteiger partial charge in [0, 0.05) is 18.3 Å². The molecule has 3 aromatic heterocycles. The van der Waals surface area contributed by atoms with Crippen molar-refractivity contribution in [1.82, 2.24) is 19.7 Å². The van der Waals surface area contributed by atoms with E-state index in [9.17, 15) is 5.11 Å². The topological polar surface area (TPSA) is 98.2 Å². The van der Waals surface area contributed by atoms with Gasteiger partial charge in [-0.15, -0.1) is 0 Å². The molecule has 0 bridgehead atoms. The summed E-state index contributed by atoms with van der Waals surface area (Å²) in [5, 5.41) is 16.6. The van der Waals surface area contributed by atoms with Gasteiger partial charge in [0.1, 0.15) is 23.9 Å². The maximum atomic E-state index is 9.29. The summed E-state index contributed by atoms with van der Waals surface area (Å²) in [6, 6.07) is 9.69. The van der Waals surface area contributed by atoms with Gasteiger partial charge in [0.2, 0.25) is 5.95 Å². The average molecular weight is 391 g/mol. The number of imidazole rings is 1.